The summed E-state index contributed by atoms with van der Waals surface area (Å²) in [6.45, 7) is 2.90. The summed E-state index contributed by atoms with van der Waals surface area (Å²) in [5.74, 6) is 0.0878. The van der Waals surface area contributed by atoms with E-state index in [1.807, 2.05) is 19.1 Å². The van der Waals surface area contributed by atoms with Gasteiger partial charge in [-0.1, -0.05) is 17.7 Å². The van der Waals surface area contributed by atoms with E-state index in [1.165, 1.54) is 0 Å². The average molecular weight is 537 g/mol. The predicted octanol–water partition coefficient (Wildman–Crippen LogP) is 2.76. The first kappa shape index (κ1) is 28.6. The SMILES string of the molecule is COCCN(C(=O)c1ccc(OC)cc1)C1CC(C(=O)NC2CCC(N)CC2)N(C(=O)c2ccc(C)cc2)C1. The Bertz CT molecular complexity index is 1130. The highest BCUT2D eigenvalue weighted by Crippen LogP contribution is 2.27. The van der Waals surface area contributed by atoms with Crippen molar-refractivity contribution in [1.29, 1.82) is 0 Å². The van der Waals surface area contributed by atoms with Gasteiger partial charge in [0.05, 0.1) is 19.8 Å². The summed E-state index contributed by atoms with van der Waals surface area (Å²) >= 11 is 0. The molecule has 39 heavy (non-hydrogen) atoms. The van der Waals surface area contributed by atoms with E-state index >= 15 is 0 Å². The molecule has 0 aromatic heterocycles. The molecule has 1 aliphatic heterocycles. The highest BCUT2D eigenvalue weighted by molar-refractivity contribution is 5.99. The average Bonchev–Trinajstić information content (AvgIpc) is 3.40. The van der Waals surface area contributed by atoms with Crippen molar-refractivity contribution in [3.63, 3.8) is 0 Å². The molecule has 2 atom stereocenters. The number of amides is 3. The quantitative estimate of drug-likeness (QED) is 0.510. The highest BCUT2D eigenvalue weighted by Gasteiger charge is 2.43. The summed E-state index contributed by atoms with van der Waals surface area (Å²) in [7, 11) is 3.16. The third-order valence-electron chi connectivity index (χ3n) is 7.83. The van der Waals surface area contributed by atoms with Gasteiger partial charge in [0.25, 0.3) is 11.8 Å². The van der Waals surface area contributed by atoms with Gasteiger partial charge in [0.2, 0.25) is 5.91 Å². The third-order valence-corrected chi connectivity index (χ3v) is 7.83. The molecule has 0 radical (unpaired) electrons. The van der Waals surface area contributed by atoms with Crippen LogP contribution in [-0.2, 0) is 9.53 Å². The van der Waals surface area contributed by atoms with Crippen LogP contribution in [0, 0.1) is 6.92 Å². The van der Waals surface area contributed by atoms with Crippen LogP contribution in [-0.4, -0.2) is 85.6 Å². The Morgan fingerprint density at radius 2 is 1.62 bits per heavy atom. The topological polar surface area (TPSA) is 114 Å². The number of nitrogens with two attached hydrogens (primary N) is 1. The highest BCUT2D eigenvalue weighted by atomic mass is 16.5. The van der Waals surface area contributed by atoms with Gasteiger partial charge in [0, 0.05) is 43.4 Å². The molecule has 2 fully saturated rings. The first-order chi connectivity index (χ1) is 18.8. The van der Waals surface area contributed by atoms with Crippen LogP contribution in [0.5, 0.6) is 5.75 Å². The second kappa shape index (κ2) is 13.1. The minimum Gasteiger partial charge on any atom is -0.497 e. The summed E-state index contributed by atoms with van der Waals surface area (Å²) in [5, 5.41) is 3.17. The fraction of sp³-hybridized carbons (Fsp3) is 0.500. The Morgan fingerprint density at radius 1 is 0.974 bits per heavy atom. The molecule has 1 saturated heterocycles. The molecule has 9 nitrogen and oxygen atoms in total. The van der Waals surface area contributed by atoms with Gasteiger partial charge in [-0.2, -0.15) is 0 Å². The van der Waals surface area contributed by atoms with E-state index in [9.17, 15) is 14.4 Å². The standard InChI is InChI=1S/C30H40N4O5/c1-20-4-6-21(7-5-20)30(37)34-19-25(18-27(34)28(35)32-24-12-10-23(31)11-13-24)33(16-17-38-2)29(36)22-8-14-26(39-3)15-9-22/h4-9,14-15,23-25,27H,10-13,16-19,31H2,1-3H3,(H,32,35). The molecule has 1 aliphatic carbocycles. The molecule has 3 amide bonds. The molecule has 9 heteroatoms. The number of nitrogens with zero attached hydrogens (tertiary/aromatic N) is 2. The molecule has 210 valence electrons. The second-order valence-corrected chi connectivity index (χ2v) is 10.6. The molecule has 2 aliphatic rings. The monoisotopic (exact) mass is 536 g/mol. The van der Waals surface area contributed by atoms with E-state index in [4.69, 9.17) is 15.2 Å². The molecule has 2 aromatic rings. The molecule has 1 saturated carbocycles. The van der Waals surface area contributed by atoms with Crippen LogP contribution in [0.15, 0.2) is 48.5 Å². The van der Waals surface area contributed by atoms with Crippen LogP contribution in [0.25, 0.3) is 0 Å². The largest absolute Gasteiger partial charge is 0.497 e. The first-order valence-corrected chi connectivity index (χ1v) is 13.7. The van der Waals surface area contributed by atoms with Crippen molar-refractivity contribution in [1.82, 2.24) is 15.1 Å². The van der Waals surface area contributed by atoms with Crippen molar-refractivity contribution in [3.05, 3.63) is 65.2 Å². The number of hydrogen-bond acceptors (Lipinski definition) is 6. The number of ether oxygens (including phenoxy) is 2. The van der Waals surface area contributed by atoms with Gasteiger partial charge in [-0.25, -0.2) is 0 Å². The van der Waals surface area contributed by atoms with E-state index in [2.05, 4.69) is 5.32 Å². The van der Waals surface area contributed by atoms with Gasteiger partial charge < -0.3 is 30.3 Å². The molecular formula is C30H40N4O5. The number of benzene rings is 2. The zero-order valence-electron chi connectivity index (χ0n) is 23.1. The molecule has 0 spiro atoms. The molecular weight excluding hydrogens is 496 g/mol. The van der Waals surface area contributed by atoms with Gasteiger partial charge in [-0.05, 0) is 75.4 Å². The van der Waals surface area contributed by atoms with Gasteiger partial charge in [-0.15, -0.1) is 0 Å². The predicted molar refractivity (Wildman–Crippen MR) is 149 cm³/mol. The van der Waals surface area contributed by atoms with Crippen molar-refractivity contribution in [2.24, 2.45) is 5.73 Å². The Labute approximate surface area is 230 Å². The van der Waals surface area contributed by atoms with Crippen molar-refractivity contribution in [2.75, 3.05) is 33.9 Å². The number of aryl methyl sites for hydroxylation is 1. The Kier molecular flexibility index (Phi) is 9.59. The maximum absolute atomic E-state index is 13.7. The van der Waals surface area contributed by atoms with E-state index in [0.29, 0.717) is 36.4 Å². The summed E-state index contributed by atoms with van der Waals surface area (Å²) in [4.78, 5) is 44.3. The van der Waals surface area contributed by atoms with E-state index in [0.717, 1.165) is 31.2 Å². The lowest BCUT2D eigenvalue weighted by atomic mass is 9.91. The third kappa shape index (κ3) is 6.96. The zero-order chi connectivity index (χ0) is 27.9. The molecule has 0 bridgehead atoms. The smallest absolute Gasteiger partial charge is 0.254 e. The van der Waals surface area contributed by atoms with Gasteiger partial charge in [0.15, 0.2) is 0 Å². The summed E-state index contributed by atoms with van der Waals surface area (Å²) in [5.41, 5.74) is 8.13. The molecule has 1 heterocycles. The van der Waals surface area contributed by atoms with Crippen LogP contribution in [0.1, 0.15) is 58.4 Å². The molecule has 3 N–H and O–H groups in total. The van der Waals surface area contributed by atoms with Crippen molar-refractivity contribution < 1.29 is 23.9 Å². The first-order valence-electron chi connectivity index (χ1n) is 13.7. The minimum atomic E-state index is -0.687. The number of likely N-dealkylation sites (tertiary alicyclic amines) is 1. The molecule has 4 rings (SSSR count). The number of nitrogens with one attached hydrogen (secondary N) is 1. The second-order valence-electron chi connectivity index (χ2n) is 10.6. The van der Waals surface area contributed by atoms with Gasteiger partial charge in [-0.3, -0.25) is 14.4 Å². The Balaban J connectivity index is 1.58. The zero-order valence-corrected chi connectivity index (χ0v) is 23.1. The summed E-state index contributed by atoms with van der Waals surface area (Å²) in [6, 6.07) is 13.5. The maximum atomic E-state index is 13.7. The van der Waals surface area contributed by atoms with Crippen molar-refractivity contribution in [2.45, 2.75) is 63.2 Å². The normalized spacial score (nSPS) is 22.8. The number of rotatable bonds is 9. The number of carbonyl (C=O) groups is 3. The maximum Gasteiger partial charge on any atom is 0.254 e. The van der Waals surface area contributed by atoms with Crippen LogP contribution in [0.2, 0.25) is 0 Å². The van der Waals surface area contributed by atoms with Crippen LogP contribution in [0.4, 0.5) is 0 Å². The molecule has 2 unspecified atom stereocenters. The minimum absolute atomic E-state index is 0.0400. The van der Waals surface area contributed by atoms with Crippen LogP contribution in [0.3, 0.4) is 0 Å². The van der Waals surface area contributed by atoms with Crippen molar-refractivity contribution in [3.8, 4) is 5.75 Å². The van der Waals surface area contributed by atoms with E-state index in [-0.39, 0.29) is 42.4 Å². The summed E-state index contributed by atoms with van der Waals surface area (Å²) < 4.78 is 10.5. The van der Waals surface area contributed by atoms with Gasteiger partial charge in [0.1, 0.15) is 11.8 Å². The number of methoxy groups -OCH3 is 2. The van der Waals surface area contributed by atoms with Gasteiger partial charge >= 0.3 is 0 Å². The lowest BCUT2D eigenvalue weighted by Gasteiger charge is -2.30. The summed E-state index contributed by atoms with van der Waals surface area (Å²) in [6.07, 6.45) is 3.73. The fourth-order valence-electron chi connectivity index (χ4n) is 5.47. The Hall–Kier alpha value is -3.43. The Morgan fingerprint density at radius 3 is 2.23 bits per heavy atom. The van der Waals surface area contributed by atoms with E-state index in [1.54, 1.807) is 60.4 Å². The van der Waals surface area contributed by atoms with Crippen molar-refractivity contribution >= 4 is 17.7 Å². The lowest BCUT2D eigenvalue weighted by Crippen LogP contribution is -2.50. The fourth-order valence-corrected chi connectivity index (χ4v) is 5.47. The number of hydrogen-bond donors (Lipinski definition) is 2. The lowest BCUT2D eigenvalue weighted by molar-refractivity contribution is -0.125. The van der Waals surface area contributed by atoms with Crippen LogP contribution >= 0.6 is 0 Å². The van der Waals surface area contributed by atoms with Crippen LogP contribution < -0.4 is 15.8 Å². The van der Waals surface area contributed by atoms with E-state index < -0.39 is 6.04 Å². The molecule has 2 aromatic carbocycles. The number of carbonyl (C=O) groups excluding carboxylic acids is 3.